The van der Waals surface area contributed by atoms with Crippen LogP contribution in [0.5, 0.6) is 0 Å². The zero-order valence-electron chi connectivity index (χ0n) is 19.7. The van der Waals surface area contributed by atoms with Crippen LogP contribution in [-0.2, 0) is 23.7 Å². The van der Waals surface area contributed by atoms with E-state index < -0.39 is 72.6 Å². The molecule has 0 spiro atoms. The van der Waals surface area contributed by atoms with Gasteiger partial charge in [0.15, 0.2) is 6.29 Å². The lowest BCUT2D eigenvalue weighted by molar-refractivity contribution is -0.350. The highest BCUT2D eigenvalue weighted by Gasteiger charge is 2.64. The molecular formula is C25H32O11. The number of esters is 1. The fraction of sp³-hybridized carbons (Fsp3) is 0.560. The van der Waals surface area contributed by atoms with Crippen molar-refractivity contribution < 1.29 is 54.4 Å². The topological polar surface area (TPSA) is 175 Å². The third-order valence-electron chi connectivity index (χ3n) is 7.13. The number of hydrogen-bond acceptors (Lipinski definition) is 11. The summed E-state index contributed by atoms with van der Waals surface area (Å²) in [5, 5.41) is 61.9. The van der Waals surface area contributed by atoms with E-state index in [1.807, 2.05) is 30.3 Å². The average Bonchev–Trinajstić information content (AvgIpc) is 3.08. The Morgan fingerprint density at radius 1 is 1.11 bits per heavy atom. The van der Waals surface area contributed by atoms with E-state index in [-0.39, 0.29) is 13.0 Å². The van der Waals surface area contributed by atoms with E-state index in [0.717, 1.165) is 11.8 Å². The Morgan fingerprint density at radius 3 is 2.53 bits per heavy atom. The van der Waals surface area contributed by atoms with Crippen molar-refractivity contribution in [1.29, 1.82) is 0 Å². The largest absolute Gasteiger partial charge is 0.472 e. The molecule has 198 valence electrons. The fourth-order valence-electron chi connectivity index (χ4n) is 5.15. The van der Waals surface area contributed by atoms with Gasteiger partial charge in [0.25, 0.3) is 0 Å². The summed E-state index contributed by atoms with van der Waals surface area (Å²) in [7, 11) is 0. The Bertz CT molecular complexity index is 966. The summed E-state index contributed by atoms with van der Waals surface area (Å²) in [4.78, 5) is 12.4. The zero-order chi connectivity index (χ0) is 26.1. The minimum Gasteiger partial charge on any atom is -0.472 e. The number of carbonyl (C=O) groups excluding carboxylic acids is 1. The van der Waals surface area contributed by atoms with Gasteiger partial charge in [0.1, 0.15) is 30.0 Å². The van der Waals surface area contributed by atoms with Crippen LogP contribution in [0.15, 0.2) is 48.7 Å². The first-order valence-corrected chi connectivity index (χ1v) is 11.7. The van der Waals surface area contributed by atoms with Crippen molar-refractivity contribution in [2.75, 3.05) is 13.2 Å². The Balaban J connectivity index is 1.49. The predicted octanol–water partition coefficient (Wildman–Crippen LogP) is -0.952. The molecule has 36 heavy (non-hydrogen) atoms. The Hall–Kier alpha value is -2.35. The average molecular weight is 509 g/mol. The quantitative estimate of drug-likeness (QED) is 0.198. The van der Waals surface area contributed by atoms with Crippen LogP contribution >= 0.6 is 0 Å². The predicted molar refractivity (Wildman–Crippen MR) is 122 cm³/mol. The van der Waals surface area contributed by atoms with Gasteiger partial charge in [-0.1, -0.05) is 37.3 Å². The lowest BCUT2D eigenvalue weighted by atomic mass is 9.74. The molecule has 10 atom stereocenters. The van der Waals surface area contributed by atoms with Gasteiger partial charge in [-0.25, -0.2) is 4.79 Å². The van der Waals surface area contributed by atoms with Gasteiger partial charge in [0, 0.05) is 11.5 Å². The van der Waals surface area contributed by atoms with Crippen LogP contribution in [-0.4, -0.2) is 98.5 Å². The Kier molecular flexibility index (Phi) is 7.83. The second-order valence-corrected chi connectivity index (χ2v) is 9.73. The van der Waals surface area contributed by atoms with Crippen LogP contribution in [0, 0.1) is 11.3 Å². The lowest BCUT2D eigenvalue weighted by Crippen LogP contribution is -2.61. The minimum atomic E-state index is -1.81. The Morgan fingerprint density at radius 2 is 1.83 bits per heavy atom. The number of ether oxygens (including phenoxy) is 4. The van der Waals surface area contributed by atoms with Crippen molar-refractivity contribution in [1.82, 2.24) is 0 Å². The van der Waals surface area contributed by atoms with Gasteiger partial charge in [-0.2, -0.15) is 0 Å². The number of benzene rings is 1. The molecule has 2 heterocycles. The van der Waals surface area contributed by atoms with Gasteiger partial charge >= 0.3 is 5.97 Å². The third kappa shape index (κ3) is 5.06. The highest BCUT2D eigenvalue weighted by Crippen LogP contribution is 2.54. The number of aliphatic hydroxyl groups excluding tert-OH is 5. The van der Waals surface area contributed by atoms with Crippen molar-refractivity contribution in [2.24, 2.45) is 11.3 Å². The molecule has 0 amide bonds. The summed E-state index contributed by atoms with van der Waals surface area (Å²) in [6.45, 7) is 0.854. The summed E-state index contributed by atoms with van der Waals surface area (Å²) >= 11 is 0. The second kappa shape index (κ2) is 10.6. The molecule has 0 aromatic heterocycles. The maximum Gasteiger partial charge on any atom is 0.330 e. The molecule has 1 saturated heterocycles. The van der Waals surface area contributed by atoms with E-state index in [1.54, 1.807) is 13.0 Å². The molecule has 1 aromatic carbocycles. The number of carbonyl (C=O) groups is 1. The molecule has 3 aliphatic rings. The van der Waals surface area contributed by atoms with Crippen molar-refractivity contribution in [2.45, 2.75) is 62.0 Å². The number of hydrogen-bond donors (Lipinski definition) is 6. The minimum absolute atomic E-state index is 0.0338. The summed E-state index contributed by atoms with van der Waals surface area (Å²) in [5.74, 6) is -1.60. The molecule has 4 rings (SSSR count). The first-order chi connectivity index (χ1) is 17.1. The first kappa shape index (κ1) is 26.7. The molecule has 0 radical (unpaired) electrons. The molecule has 6 N–H and O–H groups in total. The summed E-state index contributed by atoms with van der Waals surface area (Å²) < 4.78 is 22.2. The first-order valence-electron chi connectivity index (χ1n) is 11.7. The van der Waals surface area contributed by atoms with Crippen LogP contribution in [0.3, 0.4) is 0 Å². The molecule has 2 fully saturated rings. The van der Waals surface area contributed by atoms with E-state index >= 15 is 0 Å². The molecule has 11 nitrogen and oxygen atoms in total. The molecule has 1 aliphatic carbocycles. The Labute approximate surface area is 207 Å². The maximum atomic E-state index is 12.4. The molecule has 2 aliphatic heterocycles. The third-order valence-corrected chi connectivity index (χ3v) is 7.13. The molecular weight excluding hydrogens is 476 g/mol. The van der Waals surface area contributed by atoms with E-state index in [4.69, 9.17) is 18.9 Å². The molecule has 1 saturated carbocycles. The molecule has 11 heteroatoms. The van der Waals surface area contributed by atoms with Crippen molar-refractivity contribution in [3.8, 4) is 0 Å². The van der Waals surface area contributed by atoms with Gasteiger partial charge in [-0.05, 0) is 24.1 Å². The van der Waals surface area contributed by atoms with E-state index in [9.17, 15) is 35.4 Å². The van der Waals surface area contributed by atoms with E-state index in [1.165, 1.54) is 12.2 Å². The van der Waals surface area contributed by atoms with Crippen LogP contribution in [0.4, 0.5) is 0 Å². The molecule has 1 aromatic rings. The van der Waals surface area contributed by atoms with Crippen molar-refractivity contribution in [3.63, 3.8) is 0 Å². The van der Waals surface area contributed by atoms with Crippen LogP contribution < -0.4 is 0 Å². The molecule has 0 unspecified atom stereocenters. The summed E-state index contributed by atoms with van der Waals surface area (Å²) in [5.41, 5.74) is -2.03. The second-order valence-electron chi connectivity index (χ2n) is 9.73. The van der Waals surface area contributed by atoms with E-state index in [2.05, 4.69) is 0 Å². The lowest BCUT2D eigenvalue weighted by Gasteiger charge is -2.46. The highest BCUT2D eigenvalue weighted by molar-refractivity contribution is 5.87. The van der Waals surface area contributed by atoms with Gasteiger partial charge < -0.3 is 49.6 Å². The summed E-state index contributed by atoms with van der Waals surface area (Å²) in [6.07, 6.45) is -4.87. The smallest absolute Gasteiger partial charge is 0.330 e. The fourth-order valence-corrected chi connectivity index (χ4v) is 5.15. The van der Waals surface area contributed by atoms with Gasteiger partial charge in [-0.15, -0.1) is 0 Å². The maximum absolute atomic E-state index is 12.4. The van der Waals surface area contributed by atoms with Crippen LogP contribution in [0.25, 0.3) is 6.08 Å². The van der Waals surface area contributed by atoms with Crippen molar-refractivity contribution >= 4 is 12.0 Å². The van der Waals surface area contributed by atoms with Gasteiger partial charge in [0.05, 0.1) is 31.5 Å². The van der Waals surface area contributed by atoms with E-state index in [0.29, 0.717) is 0 Å². The zero-order valence-corrected chi connectivity index (χ0v) is 19.7. The van der Waals surface area contributed by atoms with Crippen molar-refractivity contribution in [3.05, 3.63) is 54.3 Å². The number of fused-ring (bicyclic) bond motifs is 1. The molecule has 0 bridgehead atoms. The standard InChI is InChI=1S/C25H32O11/c1-24(13-34-17(28)8-7-14-5-3-2-4-6-14)11-16(27)25(32)9-10-33-23(21(24)25)36-22-20(31)19(30)18(29)15(12-26)35-22/h2-10,15-16,18-23,26-27,29-32H,11-13H2,1H3/t15-,16-,18-,19+,20-,21-,22+,23+,24-,25-/m1/s1. The normalized spacial score (nSPS) is 42.2. The van der Waals surface area contributed by atoms with Crippen LogP contribution in [0.2, 0.25) is 0 Å². The number of rotatable bonds is 7. The SMILES string of the molecule is C[C@]1(COC(=O)C=Cc2ccccc2)C[C@@H](O)[C@]2(O)C=CO[C@@H](O[C@@H]3O[C@H](CO)[C@@H](O)[C@H](O)[C@H]3O)[C@H]12. The number of aliphatic hydroxyl groups is 6. The van der Waals surface area contributed by atoms with Gasteiger partial charge in [0.2, 0.25) is 6.29 Å². The highest BCUT2D eigenvalue weighted by atomic mass is 16.8. The van der Waals surface area contributed by atoms with Crippen LogP contribution in [0.1, 0.15) is 18.9 Å². The van der Waals surface area contributed by atoms with Gasteiger partial charge in [-0.3, -0.25) is 0 Å². The summed E-state index contributed by atoms with van der Waals surface area (Å²) in [6, 6.07) is 9.17. The monoisotopic (exact) mass is 508 g/mol.